The summed E-state index contributed by atoms with van der Waals surface area (Å²) in [5.74, 6) is -2.35. The number of piperazine rings is 1. The van der Waals surface area contributed by atoms with E-state index in [9.17, 15) is 18.4 Å². The van der Waals surface area contributed by atoms with Gasteiger partial charge in [-0.05, 0) is 12.1 Å². The van der Waals surface area contributed by atoms with Crippen molar-refractivity contribution in [1.29, 1.82) is 0 Å². The van der Waals surface area contributed by atoms with Crippen molar-refractivity contribution in [3.05, 3.63) is 71.6 Å². The Labute approximate surface area is 164 Å². The summed E-state index contributed by atoms with van der Waals surface area (Å²) in [7, 11) is 0. The van der Waals surface area contributed by atoms with Crippen molar-refractivity contribution in [3.8, 4) is 11.4 Å². The molecule has 1 aromatic heterocycles. The van der Waals surface area contributed by atoms with E-state index in [0.717, 1.165) is 17.7 Å². The van der Waals surface area contributed by atoms with Gasteiger partial charge in [0.15, 0.2) is 0 Å². The van der Waals surface area contributed by atoms with Crippen molar-refractivity contribution >= 4 is 11.8 Å². The minimum atomic E-state index is -0.983. The average molecular weight is 398 g/mol. The van der Waals surface area contributed by atoms with Gasteiger partial charge in [0.25, 0.3) is 5.91 Å². The lowest BCUT2D eigenvalue weighted by Gasteiger charge is -2.34. The lowest BCUT2D eigenvalue weighted by Crippen LogP contribution is -2.58. The molecule has 1 unspecified atom stereocenters. The molecule has 2 heterocycles. The summed E-state index contributed by atoms with van der Waals surface area (Å²) in [6.07, 6.45) is -0.0276. The standard InChI is InChI=1S/C20H16F2N4O3/c21-13-6-7-14(15(22)10-13)20(28)26-9-8-23-19(27)16(26)11-17-24-18(25-29-17)12-4-2-1-3-5-12/h1-7,10,16H,8-9,11H2,(H,23,27). The predicted octanol–water partition coefficient (Wildman–Crippen LogP) is 2.20. The molecule has 29 heavy (non-hydrogen) atoms. The number of benzene rings is 2. The van der Waals surface area contributed by atoms with Gasteiger partial charge in [-0.15, -0.1) is 0 Å². The SMILES string of the molecule is O=C1NCCN(C(=O)c2ccc(F)cc2F)C1Cc1nc(-c2ccccc2)no1. The van der Waals surface area contributed by atoms with Gasteiger partial charge in [0.1, 0.15) is 17.7 Å². The third-order valence-corrected chi connectivity index (χ3v) is 4.62. The summed E-state index contributed by atoms with van der Waals surface area (Å²) < 4.78 is 32.5. The highest BCUT2D eigenvalue weighted by molar-refractivity contribution is 5.98. The fraction of sp³-hybridized carbons (Fsp3) is 0.200. The van der Waals surface area contributed by atoms with E-state index in [-0.39, 0.29) is 31.0 Å². The summed E-state index contributed by atoms with van der Waals surface area (Å²) >= 11 is 0. The molecule has 1 aliphatic rings. The van der Waals surface area contributed by atoms with Gasteiger partial charge in [-0.2, -0.15) is 4.98 Å². The van der Waals surface area contributed by atoms with Gasteiger partial charge in [-0.25, -0.2) is 8.78 Å². The lowest BCUT2D eigenvalue weighted by molar-refractivity contribution is -0.128. The first-order valence-corrected chi connectivity index (χ1v) is 8.94. The van der Waals surface area contributed by atoms with E-state index in [2.05, 4.69) is 15.5 Å². The summed E-state index contributed by atoms with van der Waals surface area (Å²) in [5.41, 5.74) is 0.443. The first kappa shape index (κ1) is 18.7. The van der Waals surface area contributed by atoms with Gasteiger partial charge >= 0.3 is 0 Å². The number of nitrogens with zero attached hydrogens (tertiary/aromatic N) is 3. The zero-order chi connectivity index (χ0) is 20.4. The molecule has 7 nitrogen and oxygen atoms in total. The number of hydrogen-bond acceptors (Lipinski definition) is 5. The van der Waals surface area contributed by atoms with E-state index in [1.807, 2.05) is 30.3 Å². The molecule has 2 amide bonds. The van der Waals surface area contributed by atoms with Crippen LogP contribution in [0.25, 0.3) is 11.4 Å². The predicted molar refractivity (Wildman–Crippen MR) is 97.6 cm³/mol. The Morgan fingerprint density at radius 3 is 2.76 bits per heavy atom. The Kier molecular flexibility index (Phi) is 5.03. The van der Waals surface area contributed by atoms with E-state index in [0.29, 0.717) is 11.9 Å². The summed E-state index contributed by atoms with van der Waals surface area (Å²) in [6, 6.07) is 10.9. The van der Waals surface area contributed by atoms with Crippen LogP contribution in [0, 0.1) is 11.6 Å². The minimum Gasteiger partial charge on any atom is -0.353 e. The van der Waals surface area contributed by atoms with Gasteiger partial charge in [-0.1, -0.05) is 35.5 Å². The van der Waals surface area contributed by atoms with Crippen LogP contribution in [0.1, 0.15) is 16.2 Å². The van der Waals surface area contributed by atoms with Crippen LogP contribution in [-0.2, 0) is 11.2 Å². The van der Waals surface area contributed by atoms with Crippen LogP contribution in [0.5, 0.6) is 0 Å². The summed E-state index contributed by atoms with van der Waals surface area (Å²) in [4.78, 5) is 30.8. The Bertz CT molecular complexity index is 1050. The maximum atomic E-state index is 14.1. The molecule has 148 valence electrons. The second kappa shape index (κ2) is 7.78. The van der Waals surface area contributed by atoms with Crippen LogP contribution < -0.4 is 5.32 Å². The molecule has 1 aliphatic heterocycles. The monoisotopic (exact) mass is 398 g/mol. The van der Waals surface area contributed by atoms with Crippen LogP contribution in [0.15, 0.2) is 53.1 Å². The highest BCUT2D eigenvalue weighted by Crippen LogP contribution is 2.20. The molecular weight excluding hydrogens is 382 g/mol. The zero-order valence-electron chi connectivity index (χ0n) is 15.1. The largest absolute Gasteiger partial charge is 0.353 e. The lowest BCUT2D eigenvalue weighted by atomic mass is 10.1. The normalized spacial score (nSPS) is 16.6. The van der Waals surface area contributed by atoms with Crippen LogP contribution in [0.2, 0.25) is 0 Å². The molecule has 1 saturated heterocycles. The number of rotatable bonds is 4. The van der Waals surface area contributed by atoms with E-state index in [1.165, 1.54) is 4.90 Å². The van der Waals surface area contributed by atoms with Crippen molar-refractivity contribution < 1.29 is 22.9 Å². The number of hydrogen-bond donors (Lipinski definition) is 1. The smallest absolute Gasteiger partial charge is 0.257 e. The molecule has 1 fully saturated rings. The maximum Gasteiger partial charge on any atom is 0.257 e. The van der Waals surface area contributed by atoms with E-state index < -0.39 is 29.5 Å². The molecule has 1 N–H and O–H groups in total. The van der Waals surface area contributed by atoms with E-state index >= 15 is 0 Å². The van der Waals surface area contributed by atoms with Crippen molar-refractivity contribution in [2.75, 3.05) is 13.1 Å². The summed E-state index contributed by atoms with van der Waals surface area (Å²) in [6.45, 7) is 0.398. The minimum absolute atomic E-state index is 0.0276. The molecule has 0 bridgehead atoms. The van der Waals surface area contributed by atoms with Gasteiger partial charge in [0.05, 0.1) is 12.0 Å². The molecule has 0 aliphatic carbocycles. The number of halogens is 2. The number of amides is 2. The summed E-state index contributed by atoms with van der Waals surface area (Å²) in [5, 5.41) is 6.58. The fourth-order valence-electron chi connectivity index (χ4n) is 3.19. The molecule has 0 spiro atoms. The van der Waals surface area contributed by atoms with Crippen LogP contribution in [0.3, 0.4) is 0 Å². The number of aromatic nitrogens is 2. The average Bonchev–Trinajstić information content (AvgIpc) is 3.18. The first-order valence-electron chi connectivity index (χ1n) is 8.94. The van der Waals surface area contributed by atoms with Gasteiger partial charge in [0, 0.05) is 24.7 Å². The van der Waals surface area contributed by atoms with E-state index in [1.54, 1.807) is 0 Å². The number of carbonyl (C=O) groups is 2. The molecule has 9 heteroatoms. The van der Waals surface area contributed by atoms with Crippen molar-refractivity contribution in [2.24, 2.45) is 0 Å². The van der Waals surface area contributed by atoms with Crippen LogP contribution in [0.4, 0.5) is 8.78 Å². The Hall–Kier alpha value is -3.62. The maximum absolute atomic E-state index is 14.1. The Balaban J connectivity index is 1.58. The third-order valence-electron chi connectivity index (χ3n) is 4.62. The molecule has 3 aromatic rings. The Morgan fingerprint density at radius 2 is 2.00 bits per heavy atom. The highest BCUT2D eigenvalue weighted by atomic mass is 19.1. The second-order valence-electron chi connectivity index (χ2n) is 6.51. The molecule has 0 radical (unpaired) electrons. The molecule has 2 aromatic carbocycles. The zero-order valence-corrected chi connectivity index (χ0v) is 15.1. The van der Waals surface area contributed by atoms with Crippen molar-refractivity contribution in [1.82, 2.24) is 20.4 Å². The number of nitrogens with one attached hydrogen (secondary N) is 1. The Morgan fingerprint density at radius 1 is 1.21 bits per heavy atom. The van der Waals surface area contributed by atoms with Crippen molar-refractivity contribution in [3.63, 3.8) is 0 Å². The topological polar surface area (TPSA) is 88.3 Å². The fourth-order valence-corrected chi connectivity index (χ4v) is 3.19. The molecular formula is C20H16F2N4O3. The van der Waals surface area contributed by atoms with Gasteiger partial charge < -0.3 is 14.7 Å². The molecule has 4 rings (SSSR count). The van der Waals surface area contributed by atoms with E-state index in [4.69, 9.17) is 4.52 Å². The highest BCUT2D eigenvalue weighted by Gasteiger charge is 2.36. The number of carbonyl (C=O) groups excluding carboxylic acids is 2. The second-order valence-corrected chi connectivity index (χ2v) is 6.51. The third kappa shape index (κ3) is 3.84. The molecule has 1 atom stereocenters. The van der Waals surface area contributed by atoms with Gasteiger partial charge in [0.2, 0.25) is 17.6 Å². The van der Waals surface area contributed by atoms with Crippen LogP contribution in [-0.4, -0.2) is 46.0 Å². The van der Waals surface area contributed by atoms with Crippen LogP contribution >= 0.6 is 0 Å². The quantitative estimate of drug-likeness (QED) is 0.728. The van der Waals surface area contributed by atoms with Gasteiger partial charge in [-0.3, -0.25) is 9.59 Å². The van der Waals surface area contributed by atoms with Crippen molar-refractivity contribution in [2.45, 2.75) is 12.5 Å². The molecule has 0 saturated carbocycles. The first-order chi connectivity index (χ1) is 14.0.